The number of carbonyl (C=O) groups excluding carboxylic acids is 1. The van der Waals surface area contributed by atoms with Gasteiger partial charge in [-0.3, -0.25) is 4.79 Å². The first kappa shape index (κ1) is 14.3. The Morgan fingerprint density at radius 1 is 1.22 bits per heavy atom. The molecule has 5 heteroatoms. The average Bonchev–Trinajstić information content (AvgIpc) is 3.24. The maximum atomic E-state index is 13.2. The van der Waals surface area contributed by atoms with Crippen molar-refractivity contribution in [2.75, 3.05) is 5.32 Å². The summed E-state index contributed by atoms with van der Waals surface area (Å²) in [6.07, 6.45) is 3.51. The highest BCUT2D eigenvalue weighted by Crippen LogP contribution is 2.51. The van der Waals surface area contributed by atoms with Crippen molar-refractivity contribution in [1.29, 1.82) is 0 Å². The van der Waals surface area contributed by atoms with E-state index in [9.17, 15) is 9.18 Å². The van der Waals surface area contributed by atoms with Gasteiger partial charge in [0.25, 0.3) is 0 Å². The number of amides is 1. The number of anilines is 1. The topological polar surface area (TPSA) is 44.9 Å². The van der Waals surface area contributed by atoms with E-state index in [0.717, 1.165) is 29.3 Å². The second-order valence-corrected chi connectivity index (χ2v) is 6.32. The first-order valence-corrected chi connectivity index (χ1v) is 7.81. The summed E-state index contributed by atoms with van der Waals surface area (Å²) in [6.45, 7) is 0. The van der Waals surface area contributed by atoms with Gasteiger partial charge in [-0.05, 0) is 42.7 Å². The van der Waals surface area contributed by atoms with Crippen LogP contribution in [-0.4, -0.2) is 10.9 Å². The van der Waals surface area contributed by atoms with Crippen LogP contribution in [0.25, 0.3) is 10.9 Å². The van der Waals surface area contributed by atoms with Crippen molar-refractivity contribution < 1.29 is 9.18 Å². The molecular formula is C18H14ClFN2O. The van der Waals surface area contributed by atoms with E-state index in [-0.39, 0.29) is 10.9 Å². The van der Waals surface area contributed by atoms with Crippen LogP contribution in [0, 0.1) is 5.82 Å². The van der Waals surface area contributed by atoms with Gasteiger partial charge in [-0.1, -0.05) is 29.8 Å². The van der Waals surface area contributed by atoms with Crippen molar-refractivity contribution in [1.82, 2.24) is 4.98 Å². The van der Waals surface area contributed by atoms with Crippen LogP contribution in [0.2, 0.25) is 5.02 Å². The summed E-state index contributed by atoms with van der Waals surface area (Å²) in [5, 5.41) is 3.93. The molecule has 0 spiro atoms. The third-order valence-corrected chi connectivity index (χ3v) is 4.76. The molecule has 116 valence electrons. The maximum absolute atomic E-state index is 13.2. The van der Waals surface area contributed by atoms with E-state index >= 15 is 0 Å². The zero-order valence-electron chi connectivity index (χ0n) is 12.2. The summed E-state index contributed by atoms with van der Waals surface area (Å²) in [5.41, 5.74) is 2.03. The minimum Gasteiger partial charge on any atom is -0.361 e. The van der Waals surface area contributed by atoms with Gasteiger partial charge in [-0.2, -0.15) is 0 Å². The van der Waals surface area contributed by atoms with Gasteiger partial charge in [-0.25, -0.2) is 4.39 Å². The van der Waals surface area contributed by atoms with E-state index in [1.807, 2.05) is 30.5 Å². The molecule has 3 aromatic rings. The van der Waals surface area contributed by atoms with Gasteiger partial charge in [0, 0.05) is 22.8 Å². The van der Waals surface area contributed by atoms with Crippen molar-refractivity contribution in [3.8, 4) is 0 Å². The van der Waals surface area contributed by atoms with Crippen LogP contribution >= 0.6 is 11.6 Å². The molecule has 0 atom stereocenters. The van der Waals surface area contributed by atoms with E-state index in [2.05, 4.69) is 10.3 Å². The molecule has 1 saturated carbocycles. The molecule has 2 aromatic carbocycles. The second-order valence-electron chi connectivity index (χ2n) is 5.91. The van der Waals surface area contributed by atoms with Crippen molar-refractivity contribution in [2.24, 2.45) is 0 Å². The highest BCUT2D eigenvalue weighted by Gasteiger charge is 2.52. The number of aromatic nitrogens is 1. The van der Waals surface area contributed by atoms with Gasteiger partial charge in [0.15, 0.2) is 0 Å². The summed E-state index contributed by atoms with van der Waals surface area (Å²) in [6, 6.07) is 12.1. The van der Waals surface area contributed by atoms with Gasteiger partial charge in [0.05, 0.1) is 10.4 Å². The Kier molecular flexibility index (Phi) is 3.16. The molecule has 1 aliphatic rings. The van der Waals surface area contributed by atoms with E-state index < -0.39 is 11.2 Å². The predicted molar refractivity (Wildman–Crippen MR) is 89.3 cm³/mol. The fourth-order valence-electron chi connectivity index (χ4n) is 3.04. The van der Waals surface area contributed by atoms with E-state index in [1.54, 1.807) is 0 Å². The van der Waals surface area contributed by atoms with Crippen molar-refractivity contribution in [2.45, 2.75) is 18.3 Å². The van der Waals surface area contributed by atoms with E-state index in [4.69, 9.17) is 11.6 Å². The summed E-state index contributed by atoms with van der Waals surface area (Å²) in [4.78, 5) is 16.0. The Hall–Kier alpha value is -2.33. The third kappa shape index (κ3) is 2.30. The summed E-state index contributed by atoms with van der Waals surface area (Å²) >= 11 is 5.77. The van der Waals surface area contributed by atoms with Crippen LogP contribution < -0.4 is 5.32 Å². The molecule has 23 heavy (non-hydrogen) atoms. The predicted octanol–water partition coefficient (Wildman–Crippen LogP) is 4.63. The molecule has 2 N–H and O–H groups in total. The van der Waals surface area contributed by atoms with Gasteiger partial charge < -0.3 is 10.3 Å². The minimum atomic E-state index is -0.513. The van der Waals surface area contributed by atoms with Crippen LogP contribution in [0.4, 0.5) is 10.1 Å². The molecule has 4 rings (SSSR count). The minimum absolute atomic E-state index is 0.000240. The quantitative estimate of drug-likeness (QED) is 0.723. The molecule has 0 unspecified atom stereocenters. The average molecular weight is 329 g/mol. The summed E-state index contributed by atoms with van der Waals surface area (Å²) in [7, 11) is 0. The molecular weight excluding hydrogens is 315 g/mol. The molecule has 0 saturated heterocycles. The molecule has 1 amide bonds. The number of para-hydroxylation sites is 1. The first-order chi connectivity index (χ1) is 11.1. The number of rotatable bonds is 3. The number of fused-ring (bicyclic) bond motifs is 1. The molecule has 3 nitrogen and oxygen atoms in total. The van der Waals surface area contributed by atoms with Gasteiger partial charge in [0.1, 0.15) is 5.82 Å². The van der Waals surface area contributed by atoms with Gasteiger partial charge >= 0.3 is 0 Å². The number of hydrogen-bond acceptors (Lipinski definition) is 1. The summed E-state index contributed by atoms with van der Waals surface area (Å²) in [5.74, 6) is -0.577. The molecule has 1 aromatic heterocycles. The number of aromatic amines is 1. The number of halogens is 2. The number of hydrogen-bond donors (Lipinski definition) is 2. The van der Waals surface area contributed by atoms with Crippen LogP contribution in [0.3, 0.4) is 0 Å². The lowest BCUT2D eigenvalue weighted by Gasteiger charge is -2.15. The Morgan fingerprint density at radius 3 is 2.74 bits per heavy atom. The molecule has 1 aliphatic carbocycles. The number of nitrogens with one attached hydrogen (secondary N) is 2. The highest BCUT2D eigenvalue weighted by molar-refractivity contribution is 6.31. The first-order valence-electron chi connectivity index (χ1n) is 7.43. The van der Waals surface area contributed by atoms with Crippen molar-refractivity contribution >= 4 is 34.1 Å². The Balaban J connectivity index is 1.66. The molecule has 1 heterocycles. The largest absolute Gasteiger partial charge is 0.361 e. The zero-order valence-corrected chi connectivity index (χ0v) is 13.0. The number of benzene rings is 2. The Bertz CT molecular complexity index is 914. The van der Waals surface area contributed by atoms with Crippen LogP contribution in [0.15, 0.2) is 48.7 Å². The lowest BCUT2D eigenvalue weighted by molar-refractivity contribution is -0.118. The molecule has 0 radical (unpaired) electrons. The number of carbonyl (C=O) groups is 1. The number of H-pyrrole nitrogens is 1. The second kappa shape index (κ2) is 5.10. The van der Waals surface area contributed by atoms with Crippen LogP contribution in [-0.2, 0) is 10.2 Å². The molecule has 1 fully saturated rings. The Morgan fingerprint density at radius 2 is 2.00 bits per heavy atom. The highest BCUT2D eigenvalue weighted by atomic mass is 35.5. The zero-order chi connectivity index (χ0) is 16.0. The van der Waals surface area contributed by atoms with Gasteiger partial charge in [0.2, 0.25) is 5.91 Å². The lowest BCUT2D eigenvalue weighted by atomic mass is 9.94. The van der Waals surface area contributed by atoms with Crippen LogP contribution in [0.1, 0.15) is 18.4 Å². The molecule has 0 bridgehead atoms. The smallest absolute Gasteiger partial charge is 0.235 e. The fraction of sp³-hybridized carbons (Fsp3) is 0.167. The lowest BCUT2D eigenvalue weighted by Crippen LogP contribution is -2.27. The van der Waals surface area contributed by atoms with Gasteiger partial charge in [-0.15, -0.1) is 0 Å². The molecule has 0 aliphatic heterocycles. The summed E-state index contributed by atoms with van der Waals surface area (Å²) < 4.78 is 13.2. The maximum Gasteiger partial charge on any atom is 0.235 e. The standard InChI is InChI=1S/C18H14ClFN2O/c19-14-9-11(5-6-15(14)20)22-17(23)18(7-8-18)13-10-21-16-4-2-1-3-12(13)16/h1-6,9-10,21H,7-8H2,(H,22,23). The third-order valence-electron chi connectivity index (χ3n) is 4.47. The normalized spacial score (nSPS) is 15.6. The fourth-order valence-corrected chi connectivity index (χ4v) is 3.22. The Labute approximate surface area is 137 Å². The van der Waals surface area contributed by atoms with Crippen molar-refractivity contribution in [3.63, 3.8) is 0 Å². The SMILES string of the molecule is O=C(Nc1ccc(F)c(Cl)c1)C1(c2c[nH]c3ccccc23)CC1. The monoisotopic (exact) mass is 328 g/mol. The van der Waals surface area contributed by atoms with Crippen molar-refractivity contribution in [3.05, 3.63) is 65.1 Å². The van der Waals surface area contributed by atoms with E-state index in [0.29, 0.717) is 5.69 Å². The van der Waals surface area contributed by atoms with E-state index in [1.165, 1.54) is 18.2 Å². The van der Waals surface area contributed by atoms with Crippen LogP contribution in [0.5, 0.6) is 0 Å².